The van der Waals surface area contributed by atoms with Crippen LogP contribution in [0.4, 0.5) is 20.6 Å². The third kappa shape index (κ3) is 6.67. The maximum absolute atomic E-state index is 14.6. The first-order valence-corrected chi connectivity index (χ1v) is 18.1. The summed E-state index contributed by atoms with van der Waals surface area (Å²) in [7, 11) is -2.13. The zero-order chi connectivity index (χ0) is 32.6. The summed E-state index contributed by atoms with van der Waals surface area (Å²) in [6, 6.07) is 20.1. The number of anilines is 2. The number of likely N-dealkylation sites (tertiary alicyclic amines) is 1. The highest BCUT2D eigenvalue weighted by atomic mass is 32.2. The molecule has 0 bridgehead atoms. The molecule has 1 atom stereocenters. The molecular weight excluding hydrogens is 601 g/mol. The first kappa shape index (κ1) is 32.5. The summed E-state index contributed by atoms with van der Waals surface area (Å²) in [5, 5.41) is 0. The molecule has 3 aromatic rings. The Kier molecular flexibility index (Phi) is 9.18. The van der Waals surface area contributed by atoms with Crippen LogP contribution in [0.2, 0.25) is 0 Å². The highest BCUT2D eigenvalue weighted by Crippen LogP contribution is 2.46. The third-order valence-electron chi connectivity index (χ3n) is 9.92. The van der Waals surface area contributed by atoms with E-state index in [0.29, 0.717) is 38.2 Å². The van der Waals surface area contributed by atoms with Crippen LogP contribution in [0.5, 0.6) is 0 Å². The molecule has 6 rings (SSSR count). The van der Waals surface area contributed by atoms with Crippen LogP contribution in [0.15, 0.2) is 71.6 Å². The Morgan fingerprint density at radius 2 is 1.54 bits per heavy atom. The molecule has 1 aliphatic carbocycles. The van der Waals surface area contributed by atoms with E-state index in [2.05, 4.69) is 11.0 Å². The molecule has 3 aromatic carbocycles. The molecule has 7 nitrogen and oxygen atoms in total. The van der Waals surface area contributed by atoms with E-state index in [9.17, 15) is 17.6 Å². The van der Waals surface area contributed by atoms with Gasteiger partial charge in [-0.25, -0.2) is 17.6 Å². The summed E-state index contributed by atoms with van der Waals surface area (Å²) in [4.78, 5) is 17.1. The molecule has 246 valence electrons. The minimum atomic E-state index is -3.87. The van der Waals surface area contributed by atoms with E-state index in [1.807, 2.05) is 57.2 Å². The van der Waals surface area contributed by atoms with Crippen LogP contribution >= 0.6 is 0 Å². The number of benzene rings is 3. The first-order valence-electron chi connectivity index (χ1n) is 16.6. The van der Waals surface area contributed by atoms with E-state index >= 15 is 0 Å². The molecule has 46 heavy (non-hydrogen) atoms. The molecular formula is C37H46FN3O4S. The third-order valence-corrected chi connectivity index (χ3v) is 11.8. The molecule has 1 saturated heterocycles. The van der Waals surface area contributed by atoms with E-state index in [-0.39, 0.29) is 34.7 Å². The fourth-order valence-electron chi connectivity index (χ4n) is 7.47. The van der Waals surface area contributed by atoms with Gasteiger partial charge in [-0.3, -0.25) is 0 Å². The Morgan fingerprint density at radius 1 is 0.891 bits per heavy atom. The van der Waals surface area contributed by atoms with Gasteiger partial charge < -0.3 is 14.5 Å². The lowest BCUT2D eigenvalue weighted by Crippen LogP contribution is -2.46. The van der Waals surface area contributed by atoms with Crippen LogP contribution in [0.25, 0.3) is 11.1 Å². The van der Waals surface area contributed by atoms with E-state index in [1.54, 1.807) is 28.4 Å². The van der Waals surface area contributed by atoms with Gasteiger partial charge in [-0.15, -0.1) is 0 Å². The maximum atomic E-state index is 14.6. The van der Waals surface area contributed by atoms with Crippen molar-refractivity contribution in [3.8, 4) is 11.1 Å². The number of carbonyl (C=O) groups is 1. The Labute approximate surface area is 273 Å². The van der Waals surface area contributed by atoms with Gasteiger partial charge in [0.05, 0.1) is 5.69 Å². The number of nitrogens with zero attached hydrogens (tertiary/aromatic N) is 3. The fraction of sp³-hybridized carbons (Fsp3) is 0.486. The van der Waals surface area contributed by atoms with Crippen molar-refractivity contribution in [2.45, 2.75) is 88.2 Å². The van der Waals surface area contributed by atoms with Crippen molar-refractivity contribution in [3.63, 3.8) is 0 Å². The number of para-hydroxylation sites is 1. The van der Waals surface area contributed by atoms with Crippen molar-refractivity contribution >= 4 is 27.5 Å². The number of piperidine rings is 1. The highest BCUT2D eigenvalue weighted by molar-refractivity contribution is 7.89. The highest BCUT2D eigenvalue weighted by Gasteiger charge is 2.42. The smallest absolute Gasteiger partial charge is 0.410 e. The predicted molar refractivity (Wildman–Crippen MR) is 180 cm³/mol. The van der Waals surface area contributed by atoms with Crippen molar-refractivity contribution < 1.29 is 22.3 Å². The Hall–Kier alpha value is -3.43. The molecule has 2 heterocycles. The SMILES string of the molecule is CN1[C@H](C2CCCCC2)CN(c2ccccc2)c2cc(C3CCN(C(=O)OC(C)(C)C)CC3)c(-c3ccc(F)cc3)cc2S1(=O)=O. The van der Waals surface area contributed by atoms with Gasteiger partial charge in [-0.05, 0) is 111 Å². The zero-order valence-electron chi connectivity index (χ0n) is 27.4. The maximum Gasteiger partial charge on any atom is 0.410 e. The zero-order valence-corrected chi connectivity index (χ0v) is 28.2. The van der Waals surface area contributed by atoms with E-state index in [1.165, 1.54) is 18.6 Å². The normalized spacial score (nSPS) is 21.5. The number of ether oxygens (including phenoxy) is 1. The lowest BCUT2D eigenvalue weighted by Gasteiger charge is -2.37. The molecule has 3 aliphatic rings. The predicted octanol–water partition coefficient (Wildman–Crippen LogP) is 8.33. The minimum absolute atomic E-state index is 0.0690. The second-order valence-electron chi connectivity index (χ2n) is 14.1. The van der Waals surface area contributed by atoms with Crippen molar-refractivity contribution in [3.05, 3.63) is 78.1 Å². The molecule has 2 fully saturated rings. The summed E-state index contributed by atoms with van der Waals surface area (Å²) in [6.07, 6.45) is 6.56. The Morgan fingerprint density at radius 3 is 2.17 bits per heavy atom. The summed E-state index contributed by atoms with van der Waals surface area (Å²) < 4.78 is 50.5. The number of amides is 1. The largest absolute Gasteiger partial charge is 0.444 e. The van der Waals surface area contributed by atoms with Gasteiger partial charge in [0.15, 0.2) is 0 Å². The van der Waals surface area contributed by atoms with Gasteiger partial charge in [0.25, 0.3) is 0 Å². The lowest BCUT2D eigenvalue weighted by molar-refractivity contribution is 0.0205. The standard InChI is InChI=1S/C37H46FN3O4S/c1-37(2,3)45-36(42)40-21-19-27(20-22-40)31-23-33-35(24-32(31)26-15-17-29(38)18-16-26)46(43,44)39(4)34(28-11-7-5-8-12-28)25-41(33)30-13-9-6-10-14-30/h6,9-10,13-18,23-24,27-28,34H,5,7-8,11-12,19-22,25H2,1-4H3/t34-/m0/s1. The molecule has 0 spiro atoms. The van der Waals surface area contributed by atoms with Crippen LogP contribution in [0.3, 0.4) is 0 Å². The topological polar surface area (TPSA) is 70.2 Å². The summed E-state index contributed by atoms with van der Waals surface area (Å²) in [6.45, 7) is 7.23. The number of sulfonamides is 1. The number of hydrogen-bond acceptors (Lipinski definition) is 5. The van der Waals surface area contributed by atoms with Gasteiger partial charge in [0.2, 0.25) is 10.0 Å². The molecule has 1 amide bonds. The molecule has 2 aliphatic heterocycles. The second-order valence-corrected chi connectivity index (χ2v) is 16.1. The summed E-state index contributed by atoms with van der Waals surface area (Å²) in [5.41, 5.74) is 3.63. The molecule has 9 heteroatoms. The lowest BCUT2D eigenvalue weighted by atomic mass is 9.83. The number of rotatable bonds is 4. The van der Waals surface area contributed by atoms with Crippen LogP contribution < -0.4 is 4.90 Å². The first-order chi connectivity index (χ1) is 21.9. The van der Waals surface area contributed by atoms with Gasteiger partial charge in [0.1, 0.15) is 16.3 Å². The van der Waals surface area contributed by atoms with Gasteiger partial charge in [-0.1, -0.05) is 49.6 Å². The molecule has 0 radical (unpaired) electrons. The van der Waals surface area contributed by atoms with Gasteiger partial charge in [-0.2, -0.15) is 4.31 Å². The molecule has 0 aromatic heterocycles. The molecule has 0 unspecified atom stereocenters. The Balaban J connectivity index is 1.47. The number of hydrogen-bond donors (Lipinski definition) is 0. The van der Waals surface area contributed by atoms with Crippen molar-refractivity contribution in [2.75, 3.05) is 31.6 Å². The number of halogens is 1. The number of fused-ring (bicyclic) bond motifs is 1. The molecule has 1 saturated carbocycles. The van der Waals surface area contributed by atoms with E-state index < -0.39 is 15.6 Å². The van der Waals surface area contributed by atoms with Crippen LogP contribution in [-0.4, -0.2) is 62.0 Å². The van der Waals surface area contributed by atoms with Crippen molar-refractivity contribution in [1.82, 2.24) is 9.21 Å². The number of carbonyl (C=O) groups excluding carboxylic acids is 1. The Bertz CT molecular complexity index is 1640. The van der Waals surface area contributed by atoms with Gasteiger partial charge in [0, 0.05) is 38.4 Å². The monoisotopic (exact) mass is 647 g/mol. The van der Waals surface area contributed by atoms with Crippen LogP contribution in [0.1, 0.15) is 77.2 Å². The van der Waals surface area contributed by atoms with E-state index in [4.69, 9.17) is 4.74 Å². The van der Waals surface area contributed by atoms with Gasteiger partial charge >= 0.3 is 6.09 Å². The second kappa shape index (κ2) is 13.0. The summed E-state index contributed by atoms with van der Waals surface area (Å²) in [5.74, 6) is 0.00502. The van der Waals surface area contributed by atoms with Crippen molar-refractivity contribution in [1.29, 1.82) is 0 Å². The average molecular weight is 648 g/mol. The van der Waals surface area contributed by atoms with E-state index in [0.717, 1.165) is 48.1 Å². The van der Waals surface area contributed by atoms with Crippen LogP contribution in [-0.2, 0) is 14.8 Å². The fourth-order valence-corrected chi connectivity index (χ4v) is 9.08. The van der Waals surface area contributed by atoms with Crippen LogP contribution in [0, 0.1) is 11.7 Å². The van der Waals surface area contributed by atoms with Crippen molar-refractivity contribution in [2.24, 2.45) is 5.92 Å². The average Bonchev–Trinajstić information content (AvgIpc) is 3.13. The summed E-state index contributed by atoms with van der Waals surface area (Å²) >= 11 is 0. The quantitative estimate of drug-likeness (QED) is 0.285. The number of likely N-dealkylation sites (N-methyl/N-ethyl adjacent to an activating group) is 1. The molecule has 0 N–H and O–H groups in total. The minimum Gasteiger partial charge on any atom is -0.444 e.